The number of carbonyl (C=O) groups excluding carboxylic acids is 3. The number of carbonyl (C=O) groups is 3. The molecule has 43 heavy (non-hydrogen) atoms. The maximum Gasteiger partial charge on any atom is 0.387 e. The Hall–Kier alpha value is -4.50. The molecule has 3 amide bonds. The molecule has 0 fully saturated rings. The van der Waals surface area contributed by atoms with Crippen LogP contribution in [0.1, 0.15) is 63.6 Å². The van der Waals surface area contributed by atoms with Gasteiger partial charge in [-0.25, -0.2) is 9.53 Å². The lowest BCUT2D eigenvalue weighted by Crippen LogP contribution is -2.49. The topological polar surface area (TPSA) is 92.3 Å². The number of rotatable bonds is 6. The lowest BCUT2D eigenvalue weighted by atomic mass is 9.96. The smallest absolute Gasteiger partial charge is 0.387 e. The number of halogens is 3. The zero-order valence-corrected chi connectivity index (χ0v) is 24.7. The first-order valence-corrected chi connectivity index (χ1v) is 13.9. The Morgan fingerprint density at radius 1 is 1.19 bits per heavy atom. The normalized spacial score (nSPS) is 18.5. The van der Waals surface area contributed by atoms with Crippen LogP contribution in [0.15, 0.2) is 42.5 Å². The van der Waals surface area contributed by atoms with Crippen LogP contribution in [0, 0.1) is 6.57 Å². The molecule has 0 bridgehead atoms. The molecule has 3 atom stereocenters. The van der Waals surface area contributed by atoms with Crippen LogP contribution in [0.3, 0.4) is 0 Å². The fourth-order valence-corrected chi connectivity index (χ4v) is 5.75. The van der Waals surface area contributed by atoms with E-state index in [1.165, 1.54) is 33.8 Å². The third-order valence-electron chi connectivity index (χ3n) is 7.92. The predicted octanol–water partition coefficient (Wildman–Crippen LogP) is 5.12. The van der Waals surface area contributed by atoms with Crippen LogP contribution < -0.4 is 4.74 Å². The Labute approximate surface area is 252 Å². The van der Waals surface area contributed by atoms with Crippen molar-refractivity contribution >= 4 is 35.0 Å². The van der Waals surface area contributed by atoms with Crippen LogP contribution >= 0.6 is 11.6 Å². The van der Waals surface area contributed by atoms with Gasteiger partial charge in [-0.1, -0.05) is 35.9 Å². The zero-order valence-electron chi connectivity index (χ0n) is 23.9. The maximum absolute atomic E-state index is 14.1. The summed E-state index contributed by atoms with van der Waals surface area (Å²) in [5.74, 6) is -0.937. The summed E-state index contributed by atoms with van der Waals surface area (Å²) in [6.45, 7) is 8.18. The van der Waals surface area contributed by atoms with Crippen molar-refractivity contribution in [3.05, 3.63) is 87.0 Å². The van der Waals surface area contributed by atoms with Gasteiger partial charge in [0.25, 0.3) is 11.8 Å². The van der Waals surface area contributed by atoms with E-state index in [4.69, 9.17) is 23.3 Å². The Morgan fingerprint density at radius 3 is 2.51 bits per heavy atom. The van der Waals surface area contributed by atoms with Gasteiger partial charge in [-0.2, -0.15) is 13.9 Å². The number of hydrogen-bond donors (Lipinski definition) is 0. The van der Waals surface area contributed by atoms with E-state index in [1.807, 2.05) is 6.92 Å². The summed E-state index contributed by atoms with van der Waals surface area (Å²) in [6, 6.07) is 8.93. The molecular formula is C30H29ClF2N6O4. The summed E-state index contributed by atoms with van der Waals surface area (Å²) in [4.78, 5) is 49.2. The van der Waals surface area contributed by atoms with Gasteiger partial charge in [0.1, 0.15) is 17.5 Å². The molecule has 0 aliphatic carbocycles. The Kier molecular flexibility index (Phi) is 8.12. The second kappa shape index (κ2) is 11.6. The summed E-state index contributed by atoms with van der Waals surface area (Å²) in [5.41, 5.74) is 2.56. The zero-order chi connectivity index (χ0) is 31.2. The molecule has 224 valence electrons. The summed E-state index contributed by atoms with van der Waals surface area (Å²) in [5, 5.41) is 4.98. The van der Waals surface area contributed by atoms with Gasteiger partial charge in [-0.15, -0.1) is 0 Å². The highest BCUT2D eigenvalue weighted by Gasteiger charge is 2.44. The standard InChI is InChI=1S/C30H29ClF2N6O4/c1-16-12-23-21(14-37(16)27(40)19-8-11-22(31)24(13-19)34-3)26-29(42)38(15-25(39(26)35-23)28(41)36(4)5)17(2)18-6-9-20(10-7-18)43-30(32)33/h6-11,13,16-17,25,30H,12,14-15H2,1-2,4-5H3/t16-,17?,25+/m1/s1. The molecule has 3 aromatic rings. The minimum Gasteiger partial charge on any atom is -0.435 e. The number of hydrogen-bond acceptors (Lipinski definition) is 5. The first-order chi connectivity index (χ1) is 20.4. The third-order valence-corrected chi connectivity index (χ3v) is 8.24. The molecule has 1 aromatic heterocycles. The lowest BCUT2D eigenvalue weighted by Gasteiger charge is -2.38. The van der Waals surface area contributed by atoms with Crippen molar-refractivity contribution in [2.45, 2.75) is 51.6 Å². The van der Waals surface area contributed by atoms with Crippen LogP contribution in [0.25, 0.3) is 4.85 Å². The van der Waals surface area contributed by atoms with E-state index in [-0.39, 0.29) is 59.0 Å². The number of alkyl halides is 2. The average molecular weight is 611 g/mol. The number of benzene rings is 2. The van der Waals surface area contributed by atoms with E-state index >= 15 is 0 Å². The van der Waals surface area contributed by atoms with Gasteiger partial charge in [0.05, 0.1) is 31.4 Å². The minimum atomic E-state index is -2.96. The highest BCUT2D eigenvalue weighted by molar-refractivity contribution is 6.33. The molecule has 0 saturated carbocycles. The van der Waals surface area contributed by atoms with E-state index in [0.29, 0.717) is 28.8 Å². The van der Waals surface area contributed by atoms with Crippen molar-refractivity contribution in [2.24, 2.45) is 0 Å². The number of nitrogens with zero attached hydrogens (tertiary/aromatic N) is 6. The fraction of sp³-hybridized carbons (Fsp3) is 0.367. The number of likely N-dealkylation sites (N-methyl/N-ethyl adjacent to an activating group) is 1. The molecular weight excluding hydrogens is 582 g/mol. The van der Waals surface area contributed by atoms with Crippen molar-refractivity contribution < 1.29 is 27.9 Å². The van der Waals surface area contributed by atoms with Crippen molar-refractivity contribution in [3.63, 3.8) is 0 Å². The number of amides is 3. The summed E-state index contributed by atoms with van der Waals surface area (Å²) < 4.78 is 31.2. The largest absolute Gasteiger partial charge is 0.435 e. The SMILES string of the molecule is [C-]#[N+]c1cc(C(=O)N2Cc3c(nn4c3C(=O)N(C(C)c3ccc(OC(F)F)cc3)C[C@H]4C(=O)N(C)C)C[C@H]2C)ccc1Cl. The quantitative estimate of drug-likeness (QED) is 0.361. The van der Waals surface area contributed by atoms with E-state index in [2.05, 4.69) is 9.58 Å². The third kappa shape index (κ3) is 5.52. The van der Waals surface area contributed by atoms with Gasteiger partial charge in [0.15, 0.2) is 0 Å². The summed E-state index contributed by atoms with van der Waals surface area (Å²) >= 11 is 6.08. The second-order valence-corrected chi connectivity index (χ2v) is 11.2. The Morgan fingerprint density at radius 2 is 1.88 bits per heavy atom. The molecule has 0 spiro atoms. The van der Waals surface area contributed by atoms with Gasteiger partial charge in [0.2, 0.25) is 11.6 Å². The molecule has 3 heterocycles. The monoisotopic (exact) mass is 610 g/mol. The van der Waals surface area contributed by atoms with E-state index in [1.54, 1.807) is 49.0 Å². The number of aromatic nitrogens is 2. The van der Waals surface area contributed by atoms with Gasteiger partial charge in [-0.05, 0) is 37.6 Å². The van der Waals surface area contributed by atoms with Gasteiger partial charge < -0.3 is 19.4 Å². The molecule has 0 N–H and O–H groups in total. The maximum atomic E-state index is 14.1. The molecule has 10 nitrogen and oxygen atoms in total. The van der Waals surface area contributed by atoms with Crippen LogP contribution in [-0.4, -0.2) is 75.5 Å². The molecule has 2 aliphatic heterocycles. The van der Waals surface area contributed by atoms with E-state index in [0.717, 1.165) is 0 Å². The molecule has 2 aliphatic rings. The molecule has 0 radical (unpaired) electrons. The van der Waals surface area contributed by atoms with Crippen LogP contribution in [0.5, 0.6) is 5.75 Å². The highest BCUT2D eigenvalue weighted by atomic mass is 35.5. The number of ether oxygens (including phenoxy) is 1. The van der Waals surface area contributed by atoms with E-state index in [9.17, 15) is 23.2 Å². The average Bonchev–Trinajstić information content (AvgIpc) is 3.34. The summed E-state index contributed by atoms with van der Waals surface area (Å²) in [7, 11) is 3.26. The fourth-order valence-electron chi connectivity index (χ4n) is 5.59. The molecule has 5 rings (SSSR count). The Bertz CT molecular complexity index is 1630. The molecule has 2 aromatic carbocycles. The van der Waals surface area contributed by atoms with Gasteiger partial charge >= 0.3 is 6.61 Å². The second-order valence-electron chi connectivity index (χ2n) is 10.8. The molecule has 1 unspecified atom stereocenters. The van der Waals surface area contributed by atoms with Crippen LogP contribution in [-0.2, 0) is 17.8 Å². The lowest BCUT2D eigenvalue weighted by molar-refractivity contribution is -0.133. The minimum absolute atomic E-state index is 0.00758. The molecule has 13 heteroatoms. The van der Waals surface area contributed by atoms with Crippen LogP contribution in [0.2, 0.25) is 5.02 Å². The van der Waals surface area contributed by atoms with Gasteiger partial charge in [0, 0.05) is 42.7 Å². The highest BCUT2D eigenvalue weighted by Crippen LogP contribution is 2.36. The van der Waals surface area contributed by atoms with Crippen molar-refractivity contribution in [1.82, 2.24) is 24.5 Å². The first-order valence-electron chi connectivity index (χ1n) is 13.6. The van der Waals surface area contributed by atoms with Gasteiger partial charge in [-0.3, -0.25) is 14.4 Å². The summed E-state index contributed by atoms with van der Waals surface area (Å²) in [6.07, 6.45) is 0.363. The van der Waals surface area contributed by atoms with Crippen molar-refractivity contribution in [1.29, 1.82) is 0 Å². The van der Waals surface area contributed by atoms with E-state index < -0.39 is 18.7 Å². The Balaban J connectivity index is 1.52. The number of fused-ring (bicyclic) bond motifs is 3. The van der Waals surface area contributed by atoms with Crippen LogP contribution in [0.4, 0.5) is 14.5 Å². The first kappa shape index (κ1) is 30.0. The molecule has 0 saturated heterocycles. The predicted molar refractivity (Wildman–Crippen MR) is 153 cm³/mol. The van der Waals surface area contributed by atoms with Crippen molar-refractivity contribution in [2.75, 3.05) is 20.6 Å². The van der Waals surface area contributed by atoms with Crippen molar-refractivity contribution in [3.8, 4) is 5.75 Å².